The summed E-state index contributed by atoms with van der Waals surface area (Å²) in [4.78, 5) is 0. The van der Waals surface area contributed by atoms with E-state index in [1.807, 2.05) is 12.1 Å². The molecular formula is C41H32O. The van der Waals surface area contributed by atoms with E-state index in [4.69, 9.17) is 0 Å². The Morgan fingerprint density at radius 3 is 1.86 bits per heavy atom. The smallest absolute Gasteiger partial charge is 0.115 e. The van der Waals surface area contributed by atoms with Gasteiger partial charge in [-0.2, -0.15) is 0 Å². The molecule has 0 aromatic heterocycles. The Morgan fingerprint density at radius 2 is 1.10 bits per heavy atom. The summed E-state index contributed by atoms with van der Waals surface area (Å²) in [6.07, 6.45) is 4.76. The standard InChI is InChI=1S/C41H32O/c42-32-20-17-28(18-21-32)23-31-26-38-34-14-7-5-12-30(34)25-40(38)41(35(31)22-19-27-9-2-1-3-10-27)37-16-8-15-36-33-13-6-4-11-29(33)24-39(36)37/h1-18,20-21,26,42H,19,22-25H2. The van der Waals surface area contributed by atoms with Gasteiger partial charge in [-0.05, 0) is 122 Å². The molecule has 0 bridgehead atoms. The van der Waals surface area contributed by atoms with Gasteiger partial charge >= 0.3 is 0 Å². The predicted octanol–water partition coefficient (Wildman–Crippen LogP) is 9.58. The van der Waals surface area contributed by atoms with E-state index in [-0.39, 0.29) is 0 Å². The van der Waals surface area contributed by atoms with Crippen LogP contribution in [0.5, 0.6) is 5.75 Å². The van der Waals surface area contributed by atoms with Gasteiger partial charge in [0.1, 0.15) is 5.75 Å². The minimum absolute atomic E-state index is 0.311. The lowest BCUT2D eigenvalue weighted by Crippen LogP contribution is -2.06. The second kappa shape index (κ2) is 10.2. The van der Waals surface area contributed by atoms with Crippen LogP contribution in [0.3, 0.4) is 0 Å². The average molecular weight is 541 g/mol. The molecule has 0 saturated heterocycles. The van der Waals surface area contributed by atoms with Crippen molar-refractivity contribution >= 4 is 0 Å². The number of rotatable bonds is 6. The van der Waals surface area contributed by atoms with E-state index in [0.29, 0.717) is 5.75 Å². The van der Waals surface area contributed by atoms with Crippen LogP contribution in [-0.4, -0.2) is 5.11 Å². The Bertz CT molecular complexity index is 1950. The van der Waals surface area contributed by atoms with Crippen molar-refractivity contribution in [2.75, 3.05) is 0 Å². The first kappa shape index (κ1) is 24.9. The fourth-order valence-corrected chi connectivity index (χ4v) is 7.29. The SMILES string of the molecule is Oc1ccc(Cc2cc3c(c(-c4cccc5c4Cc4ccccc4-5)c2CCc2ccccc2)Cc2ccccc2-3)cc1. The quantitative estimate of drug-likeness (QED) is 0.223. The summed E-state index contributed by atoms with van der Waals surface area (Å²) in [6.45, 7) is 0. The zero-order valence-electron chi connectivity index (χ0n) is 23.6. The molecule has 0 atom stereocenters. The molecule has 6 aromatic rings. The van der Waals surface area contributed by atoms with E-state index < -0.39 is 0 Å². The summed E-state index contributed by atoms with van der Waals surface area (Å²) >= 11 is 0. The van der Waals surface area contributed by atoms with E-state index in [1.54, 1.807) is 0 Å². The maximum Gasteiger partial charge on any atom is 0.115 e. The highest BCUT2D eigenvalue weighted by Crippen LogP contribution is 2.49. The number of phenols is 1. The molecule has 8 rings (SSSR count). The second-order valence-corrected chi connectivity index (χ2v) is 11.7. The van der Waals surface area contributed by atoms with Crippen molar-refractivity contribution in [1.29, 1.82) is 0 Å². The molecule has 0 aliphatic heterocycles. The second-order valence-electron chi connectivity index (χ2n) is 11.7. The van der Waals surface area contributed by atoms with E-state index >= 15 is 0 Å². The van der Waals surface area contributed by atoms with Gasteiger partial charge in [0.15, 0.2) is 0 Å². The van der Waals surface area contributed by atoms with Crippen LogP contribution in [0.2, 0.25) is 0 Å². The molecule has 1 N–H and O–H groups in total. The Hall–Kier alpha value is -4.88. The number of phenolic OH excluding ortho intramolecular Hbond substituents is 1. The van der Waals surface area contributed by atoms with Crippen LogP contribution in [0.25, 0.3) is 33.4 Å². The van der Waals surface area contributed by atoms with Gasteiger partial charge in [-0.3, -0.25) is 0 Å². The number of benzene rings is 6. The van der Waals surface area contributed by atoms with Crippen molar-refractivity contribution in [2.45, 2.75) is 32.1 Å². The minimum Gasteiger partial charge on any atom is -0.508 e. The summed E-state index contributed by atoms with van der Waals surface area (Å²) in [5.41, 5.74) is 19.5. The molecule has 2 aliphatic rings. The molecular weight excluding hydrogens is 508 g/mol. The average Bonchev–Trinajstić information content (AvgIpc) is 3.60. The Kier molecular flexibility index (Phi) is 6.04. The highest BCUT2D eigenvalue weighted by molar-refractivity contribution is 5.92. The van der Waals surface area contributed by atoms with E-state index in [9.17, 15) is 5.11 Å². The molecule has 6 aromatic carbocycles. The summed E-state index contributed by atoms with van der Waals surface area (Å²) < 4.78 is 0. The van der Waals surface area contributed by atoms with Crippen molar-refractivity contribution < 1.29 is 5.11 Å². The van der Waals surface area contributed by atoms with Crippen LogP contribution < -0.4 is 0 Å². The molecule has 0 heterocycles. The van der Waals surface area contributed by atoms with Gasteiger partial charge in [0, 0.05) is 0 Å². The van der Waals surface area contributed by atoms with Crippen LogP contribution in [0, 0.1) is 0 Å². The molecule has 0 radical (unpaired) electrons. The first-order chi connectivity index (χ1) is 20.7. The number of aryl methyl sites for hydroxylation is 1. The molecule has 0 spiro atoms. The minimum atomic E-state index is 0.311. The number of fused-ring (bicyclic) bond motifs is 6. The van der Waals surface area contributed by atoms with Gasteiger partial charge in [-0.15, -0.1) is 0 Å². The lowest BCUT2D eigenvalue weighted by atomic mass is 9.81. The lowest BCUT2D eigenvalue weighted by Gasteiger charge is -2.22. The van der Waals surface area contributed by atoms with Crippen LogP contribution in [0.4, 0.5) is 0 Å². The topological polar surface area (TPSA) is 20.2 Å². The maximum atomic E-state index is 9.98. The van der Waals surface area contributed by atoms with Crippen LogP contribution in [0.15, 0.2) is 127 Å². The molecule has 0 amide bonds. The maximum absolute atomic E-state index is 9.98. The van der Waals surface area contributed by atoms with Gasteiger partial charge in [0.2, 0.25) is 0 Å². The van der Waals surface area contributed by atoms with Crippen LogP contribution in [0.1, 0.15) is 44.5 Å². The molecule has 1 heteroatoms. The van der Waals surface area contributed by atoms with Gasteiger partial charge < -0.3 is 5.11 Å². The first-order valence-corrected chi connectivity index (χ1v) is 15.0. The van der Waals surface area contributed by atoms with Gasteiger partial charge in [0.05, 0.1) is 0 Å². The fourth-order valence-electron chi connectivity index (χ4n) is 7.29. The van der Waals surface area contributed by atoms with Gasteiger partial charge in [-0.25, -0.2) is 0 Å². The van der Waals surface area contributed by atoms with E-state index in [0.717, 1.165) is 32.1 Å². The van der Waals surface area contributed by atoms with Crippen LogP contribution >= 0.6 is 0 Å². The normalized spacial score (nSPS) is 12.5. The third-order valence-electron chi connectivity index (χ3n) is 9.27. The molecule has 0 fully saturated rings. The summed E-state index contributed by atoms with van der Waals surface area (Å²) in [5.74, 6) is 0.311. The highest BCUT2D eigenvalue weighted by atomic mass is 16.3. The number of aromatic hydroxyl groups is 1. The van der Waals surface area contributed by atoms with Crippen molar-refractivity contribution in [3.63, 3.8) is 0 Å². The summed E-state index contributed by atoms with van der Waals surface area (Å²) in [7, 11) is 0. The third-order valence-corrected chi connectivity index (χ3v) is 9.27. The van der Waals surface area contributed by atoms with Gasteiger partial charge in [0.25, 0.3) is 0 Å². The Morgan fingerprint density at radius 1 is 0.476 bits per heavy atom. The fraction of sp³-hybridized carbons (Fsp3) is 0.122. The molecule has 0 unspecified atom stereocenters. The Labute approximate surface area is 247 Å². The zero-order chi connectivity index (χ0) is 28.0. The molecule has 42 heavy (non-hydrogen) atoms. The zero-order valence-corrected chi connectivity index (χ0v) is 23.6. The number of hydrogen-bond acceptors (Lipinski definition) is 1. The largest absolute Gasteiger partial charge is 0.508 e. The third kappa shape index (κ3) is 4.25. The first-order valence-electron chi connectivity index (χ1n) is 15.0. The molecule has 0 saturated carbocycles. The summed E-state index contributed by atoms with van der Waals surface area (Å²) in [5, 5.41) is 9.98. The summed E-state index contributed by atoms with van der Waals surface area (Å²) in [6, 6.07) is 45.9. The van der Waals surface area contributed by atoms with Crippen molar-refractivity contribution in [1.82, 2.24) is 0 Å². The van der Waals surface area contributed by atoms with Crippen LogP contribution in [-0.2, 0) is 32.1 Å². The predicted molar refractivity (Wildman–Crippen MR) is 173 cm³/mol. The Balaban J connectivity index is 1.37. The number of hydrogen-bond donors (Lipinski definition) is 1. The van der Waals surface area contributed by atoms with E-state index in [2.05, 4.69) is 115 Å². The lowest BCUT2D eigenvalue weighted by molar-refractivity contribution is 0.475. The molecule has 2 aliphatic carbocycles. The molecule has 202 valence electrons. The van der Waals surface area contributed by atoms with Gasteiger partial charge in [-0.1, -0.05) is 115 Å². The molecule has 1 nitrogen and oxygen atoms in total. The van der Waals surface area contributed by atoms with Crippen molar-refractivity contribution in [2.24, 2.45) is 0 Å². The van der Waals surface area contributed by atoms with E-state index in [1.165, 1.54) is 77.9 Å². The van der Waals surface area contributed by atoms with Crippen molar-refractivity contribution in [3.8, 4) is 39.1 Å². The highest BCUT2D eigenvalue weighted by Gasteiger charge is 2.29. The monoisotopic (exact) mass is 540 g/mol. The van der Waals surface area contributed by atoms with Crippen molar-refractivity contribution in [3.05, 3.63) is 172 Å².